The van der Waals surface area contributed by atoms with Crippen molar-refractivity contribution in [3.05, 3.63) is 28.1 Å². The van der Waals surface area contributed by atoms with Gasteiger partial charge in [-0.2, -0.15) is 0 Å². The Morgan fingerprint density at radius 1 is 1.65 bits per heavy atom. The first kappa shape index (κ1) is 13.4. The number of nitro groups is 1. The lowest BCUT2D eigenvalue weighted by molar-refractivity contribution is -0.387. The van der Waals surface area contributed by atoms with Crippen LogP contribution in [0.3, 0.4) is 0 Å². The van der Waals surface area contributed by atoms with E-state index in [-0.39, 0.29) is 11.4 Å². The summed E-state index contributed by atoms with van der Waals surface area (Å²) in [6, 6.07) is 1.38. The number of nitrogens with zero attached hydrogens (tertiary/aromatic N) is 2. The van der Waals surface area contributed by atoms with E-state index in [1.165, 1.54) is 12.3 Å². The van der Waals surface area contributed by atoms with E-state index < -0.39 is 10.9 Å². The summed E-state index contributed by atoms with van der Waals surface area (Å²) in [6.45, 7) is 3.68. The Bertz CT molecular complexity index is 436. The number of aryl methyl sites for hydroxylation is 1. The highest BCUT2D eigenvalue weighted by Crippen LogP contribution is 2.28. The number of hydrogen-bond acceptors (Lipinski definition) is 6. The quantitative estimate of drug-likeness (QED) is 0.346. The number of esters is 1. The van der Waals surface area contributed by atoms with Crippen LogP contribution in [0.15, 0.2) is 17.2 Å². The summed E-state index contributed by atoms with van der Waals surface area (Å²) in [5.74, 6) is -0.355. The molecule has 1 aromatic heterocycles. The molecule has 0 aliphatic carbocycles. The molecule has 0 bridgehead atoms. The zero-order chi connectivity index (χ0) is 12.8. The minimum absolute atomic E-state index is 0.0354. The molecule has 0 atom stereocenters. The monoisotopic (exact) mass is 256 g/mol. The van der Waals surface area contributed by atoms with Crippen molar-refractivity contribution in [2.24, 2.45) is 0 Å². The second-order valence-electron chi connectivity index (χ2n) is 3.14. The molecule has 7 heteroatoms. The van der Waals surface area contributed by atoms with E-state index in [1.54, 1.807) is 13.8 Å². The van der Waals surface area contributed by atoms with Crippen LogP contribution in [0.4, 0.5) is 5.69 Å². The van der Waals surface area contributed by atoms with Crippen molar-refractivity contribution in [1.82, 2.24) is 4.98 Å². The predicted molar refractivity (Wildman–Crippen MR) is 63.0 cm³/mol. The molecule has 0 unspecified atom stereocenters. The Morgan fingerprint density at radius 2 is 2.35 bits per heavy atom. The lowest BCUT2D eigenvalue weighted by atomic mass is 10.3. The molecule has 0 N–H and O–H groups in total. The SMILES string of the molecule is CCOC(=O)CSc1cnc(C)cc1[N+](=O)[O-]. The molecule has 6 nitrogen and oxygen atoms in total. The summed E-state index contributed by atoms with van der Waals surface area (Å²) < 4.78 is 4.74. The molecular formula is C10H12N2O4S. The fourth-order valence-electron chi connectivity index (χ4n) is 1.13. The van der Waals surface area contributed by atoms with Crippen molar-refractivity contribution in [1.29, 1.82) is 0 Å². The highest BCUT2D eigenvalue weighted by molar-refractivity contribution is 8.00. The van der Waals surface area contributed by atoms with Crippen LogP contribution < -0.4 is 0 Å². The third-order valence-electron chi connectivity index (χ3n) is 1.83. The number of ether oxygens (including phenoxy) is 1. The van der Waals surface area contributed by atoms with Crippen molar-refractivity contribution in [3.8, 4) is 0 Å². The van der Waals surface area contributed by atoms with Crippen molar-refractivity contribution >= 4 is 23.4 Å². The van der Waals surface area contributed by atoms with Crippen LogP contribution in [-0.2, 0) is 9.53 Å². The van der Waals surface area contributed by atoms with Crippen LogP contribution in [0, 0.1) is 17.0 Å². The van der Waals surface area contributed by atoms with Gasteiger partial charge in [-0.15, -0.1) is 11.8 Å². The Morgan fingerprint density at radius 3 is 2.94 bits per heavy atom. The van der Waals surface area contributed by atoms with E-state index in [0.29, 0.717) is 17.2 Å². The molecule has 1 heterocycles. The van der Waals surface area contributed by atoms with Gasteiger partial charge < -0.3 is 4.74 Å². The highest BCUT2D eigenvalue weighted by Gasteiger charge is 2.16. The number of pyridine rings is 1. The van der Waals surface area contributed by atoms with Crippen molar-refractivity contribution < 1.29 is 14.5 Å². The van der Waals surface area contributed by atoms with Gasteiger partial charge in [-0.1, -0.05) is 0 Å². The fraction of sp³-hybridized carbons (Fsp3) is 0.400. The van der Waals surface area contributed by atoms with Gasteiger partial charge in [0.1, 0.15) is 4.90 Å². The number of thioether (sulfide) groups is 1. The second kappa shape index (κ2) is 6.19. The van der Waals surface area contributed by atoms with Crippen LogP contribution in [-0.4, -0.2) is 28.2 Å². The van der Waals surface area contributed by atoms with E-state index in [2.05, 4.69) is 4.98 Å². The maximum atomic E-state index is 11.1. The molecule has 1 rings (SSSR count). The number of aromatic nitrogens is 1. The molecule has 17 heavy (non-hydrogen) atoms. The minimum Gasteiger partial charge on any atom is -0.465 e. The van der Waals surface area contributed by atoms with Gasteiger partial charge >= 0.3 is 5.97 Å². The summed E-state index contributed by atoms with van der Waals surface area (Å²) in [5.41, 5.74) is 0.531. The highest BCUT2D eigenvalue weighted by atomic mass is 32.2. The zero-order valence-corrected chi connectivity index (χ0v) is 10.3. The van der Waals surface area contributed by atoms with Gasteiger partial charge in [0.15, 0.2) is 0 Å². The van der Waals surface area contributed by atoms with E-state index >= 15 is 0 Å². The molecule has 0 saturated carbocycles. The average molecular weight is 256 g/mol. The van der Waals surface area contributed by atoms with Gasteiger partial charge in [-0.3, -0.25) is 19.9 Å². The molecule has 0 amide bonds. The standard InChI is InChI=1S/C10H12N2O4S/c1-3-16-10(13)6-17-9-5-11-7(2)4-8(9)12(14)15/h4-5H,3,6H2,1-2H3. The molecule has 0 aliphatic heterocycles. The maximum Gasteiger partial charge on any atom is 0.316 e. The van der Waals surface area contributed by atoms with E-state index in [1.807, 2.05) is 0 Å². The number of carbonyl (C=O) groups excluding carboxylic acids is 1. The summed E-state index contributed by atoms with van der Waals surface area (Å²) >= 11 is 1.05. The molecule has 0 fully saturated rings. The molecule has 0 aromatic carbocycles. The summed E-state index contributed by atoms with van der Waals surface area (Å²) in [7, 11) is 0. The molecule has 1 aromatic rings. The normalized spacial score (nSPS) is 10.0. The van der Waals surface area contributed by atoms with Gasteiger partial charge in [0.2, 0.25) is 0 Å². The van der Waals surface area contributed by atoms with Gasteiger partial charge in [-0.05, 0) is 13.8 Å². The summed E-state index contributed by atoms with van der Waals surface area (Å²) in [6.07, 6.45) is 1.40. The average Bonchev–Trinajstić information content (AvgIpc) is 2.27. The molecule has 0 spiro atoms. The molecule has 0 saturated heterocycles. The van der Waals surface area contributed by atoms with Crippen LogP contribution in [0.5, 0.6) is 0 Å². The van der Waals surface area contributed by atoms with E-state index in [0.717, 1.165) is 11.8 Å². The van der Waals surface area contributed by atoms with Crippen molar-refractivity contribution in [3.63, 3.8) is 0 Å². The Hall–Kier alpha value is -1.63. The Balaban J connectivity index is 2.77. The summed E-state index contributed by atoms with van der Waals surface area (Å²) in [5, 5.41) is 10.8. The van der Waals surface area contributed by atoms with Gasteiger partial charge in [0, 0.05) is 18.0 Å². The van der Waals surface area contributed by atoms with Crippen molar-refractivity contribution in [2.75, 3.05) is 12.4 Å². The predicted octanol–water partition coefficient (Wildman–Crippen LogP) is 1.95. The Labute approximate surface area is 103 Å². The molecule has 92 valence electrons. The first-order valence-corrected chi connectivity index (χ1v) is 5.92. The first-order chi connectivity index (χ1) is 8.04. The Kier molecular flexibility index (Phi) is 4.89. The maximum absolute atomic E-state index is 11.1. The molecule has 0 radical (unpaired) electrons. The van der Waals surface area contributed by atoms with Crippen molar-refractivity contribution in [2.45, 2.75) is 18.7 Å². The molecular weight excluding hydrogens is 244 g/mol. The van der Waals surface area contributed by atoms with Gasteiger partial charge in [0.25, 0.3) is 5.69 Å². The molecule has 0 aliphatic rings. The fourth-order valence-corrected chi connectivity index (χ4v) is 1.89. The lowest BCUT2D eigenvalue weighted by Gasteiger charge is -2.03. The largest absolute Gasteiger partial charge is 0.465 e. The zero-order valence-electron chi connectivity index (χ0n) is 9.50. The van der Waals surface area contributed by atoms with Gasteiger partial charge in [-0.25, -0.2) is 0 Å². The minimum atomic E-state index is -0.484. The van der Waals surface area contributed by atoms with Crippen LogP contribution in [0.2, 0.25) is 0 Å². The lowest BCUT2D eigenvalue weighted by Crippen LogP contribution is -2.07. The van der Waals surface area contributed by atoms with Crippen LogP contribution in [0.25, 0.3) is 0 Å². The van der Waals surface area contributed by atoms with Gasteiger partial charge in [0.05, 0.1) is 17.3 Å². The number of carbonyl (C=O) groups is 1. The van der Waals surface area contributed by atoms with Crippen LogP contribution >= 0.6 is 11.8 Å². The topological polar surface area (TPSA) is 82.3 Å². The summed E-state index contributed by atoms with van der Waals surface area (Å²) in [4.78, 5) is 25.8. The van der Waals surface area contributed by atoms with E-state index in [4.69, 9.17) is 4.74 Å². The van der Waals surface area contributed by atoms with E-state index in [9.17, 15) is 14.9 Å². The number of hydrogen-bond donors (Lipinski definition) is 0. The third kappa shape index (κ3) is 4.03. The number of rotatable bonds is 5. The smallest absolute Gasteiger partial charge is 0.316 e. The second-order valence-corrected chi connectivity index (χ2v) is 4.16. The first-order valence-electron chi connectivity index (χ1n) is 4.94. The third-order valence-corrected chi connectivity index (χ3v) is 2.84. The van der Waals surface area contributed by atoms with Crippen LogP contribution in [0.1, 0.15) is 12.6 Å².